The molecule has 3 rings (SSSR count). The Labute approximate surface area is 163 Å². The number of carbonyl (C=O) groups is 1. The molecule has 1 aliphatic rings. The van der Waals surface area contributed by atoms with E-state index < -0.39 is 0 Å². The summed E-state index contributed by atoms with van der Waals surface area (Å²) in [4.78, 5) is 14.8. The van der Waals surface area contributed by atoms with Gasteiger partial charge in [0.2, 0.25) is 5.91 Å². The zero-order valence-electron chi connectivity index (χ0n) is 16.4. The molecule has 0 bridgehead atoms. The van der Waals surface area contributed by atoms with Crippen molar-refractivity contribution in [2.45, 2.75) is 39.3 Å². The normalized spacial score (nSPS) is 15.8. The first-order valence-corrected chi connectivity index (χ1v) is 10.0. The van der Waals surface area contributed by atoms with Crippen LogP contribution in [0.5, 0.6) is 0 Å². The number of nitrogens with zero attached hydrogens (tertiary/aromatic N) is 1. The maximum Gasteiger partial charge on any atom is 0.238 e. The fraction of sp³-hybridized carbons (Fsp3) is 0.435. The molecule has 1 saturated heterocycles. The first-order valence-electron chi connectivity index (χ1n) is 10.0. The molecule has 1 amide bonds. The third kappa shape index (κ3) is 5.91. The number of carbonyl (C=O) groups excluding carboxylic acids is 1. The summed E-state index contributed by atoms with van der Waals surface area (Å²) < 4.78 is 0. The Hall–Kier alpha value is -2.17. The molecule has 0 unspecified atom stereocenters. The zero-order chi connectivity index (χ0) is 19.1. The Bertz CT molecular complexity index is 706. The summed E-state index contributed by atoms with van der Waals surface area (Å²) in [6, 6.07) is 18.7. The topological polar surface area (TPSA) is 44.4 Å². The minimum atomic E-state index is -0.0103. The van der Waals surface area contributed by atoms with E-state index in [9.17, 15) is 4.79 Å². The summed E-state index contributed by atoms with van der Waals surface area (Å²) in [5, 5.41) is 6.39. The molecule has 2 aromatic rings. The lowest BCUT2D eigenvalue weighted by Crippen LogP contribution is -2.33. The summed E-state index contributed by atoms with van der Waals surface area (Å²) in [6.45, 7) is 8.03. The Morgan fingerprint density at radius 2 is 1.67 bits per heavy atom. The van der Waals surface area contributed by atoms with Crippen LogP contribution < -0.4 is 10.6 Å². The fourth-order valence-corrected chi connectivity index (χ4v) is 3.70. The van der Waals surface area contributed by atoms with Crippen LogP contribution in [-0.2, 0) is 11.3 Å². The number of hydrogen-bond donors (Lipinski definition) is 2. The zero-order valence-corrected chi connectivity index (χ0v) is 16.4. The Morgan fingerprint density at radius 1 is 1.00 bits per heavy atom. The number of rotatable bonds is 8. The van der Waals surface area contributed by atoms with E-state index in [4.69, 9.17) is 0 Å². The van der Waals surface area contributed by atoms with Crippen molar-refractivity contribution in [3.05, 3.63) is 65.7 Å². The lowest BCUT2D eigenvalue weighted by Gasteiger charge is -2.22. The molecule has 1 heterocycles. The van der Waals surface area contributed by atoms with E-state index in [2.05, 4.69) is 53.6 Å². The highest BCUT2D eigenvalue weighted by molar-refractivity contribution is 5.92. The van der Waals surface area contributed by atoms with E-state index in [1.54, 1.807) is 0 Å². The second-order valence-electron chi connectivity index (χ2n) is 7.74. The average Bonchev–Trinajstić information content (AvgIpc) is 3.17. The number of anilines is 1. The van der Waals surface area contributed by atoms with Gasteiger partial charge in [0.25, 0.3) is 0 Å². The predicted octanol–water partition coefficient (Wildman–Crippen LogP) is 4.21. The summed E-state index contributed by atoms with van der Waals surface area (Å²) in [5.41, 5.74) is 3.37. The van der Waals surface area contributed by atoms with Crippen molar-refractivity contribution in [3.8, 4) is 0 Å². The predicted molar refractivity (Wildman–Crippen MR) is 112 cm³/mol. The highest BCUT2D eigenvalue weighted by atomic mass is 16.1. The van der Waals surface area contributed by atoms with Crippen molar-refractivity contribution < 1.29 is 4.79 Å². The van der Waals surface area contributed by atoms with E-state index in [0.717, 1.165) is 12.2 Å². The van der Waals surface area contributed by atoms with Crippen LogP contribution >= 0.6 is 0 Å². The van der Waals surface area contributed by atoms with Crippen LogP contribution in [-0.4, -0.2) is 30.4 Å². The first-order chi connectivity index (χ1) is 13.1. The standard InChI is InChI=1S/C23H31N3O/c1-18(2)23(20-8-4-3-5-9-20)24-16-22(27)25-21-12-10-19(11-13-21)17-26-14-6-7-15-26/h3-5,8-13,18,23-24H,6-7,14-17H2,1-2H3,(H,25,27)/t23-/m1/s1. The van der Waals surface area contributed by atoms with E-state index in [1.807, 2.05) is 30.3 Å². The van der Waals surface area contributed by atoms with E-state index in [0.29, 0.717) is 12.5 Å². The minimum Gasteiger partial charge on any atom is -0.325 e. The molecule has 1 aliphatic heterocycles. The van der Waals surface area contributed by atoms with Crippen LogP contribution in [0.25, 0.3) is 0 Å². The molecule has 0 aliphatic carbocycles. The third-order valence-corrected chi connectivity index (χ3v) is 5.15. The molecule has 0 radical (unpaired) electrons. The number of benzene rings is 2. The van der Waals surface area contributed by atoms with E-state index in [1.165, 1.54) is 37.1 Å². The first kappa shape index (κ1) is 19.6. The Kier molecular flexibility index (Phi) is 7.02. The van der Waals surface area contributed by atoms with Gasteiger partial charge in [-0.3, -0.25) is 9.69 Å². The van der Waals surface area contributed by atoms with Gasteiger partial charge in [-0.15, -0.1) is 0 Å². The molecule has 27 heavy (non-hydrogen) atoms. The molecule has 144 valence electrons. The maximum atomic E-state index is 12.4. The third-order valence-electron chi connectivity index (χ3n) is 5.15. The van der Waals surface area contributed by atoms with Crippen molar-refractivity contribution in [2.24, 2.45) is 5.92 Å². The van der Waals surface area contributed by atoms with Gasteiger partial charge in [0.05, 0.1) is 6.54 Å². The summed E-state index contributed by atoms with van der Waals surface area (Å²) in [7, 11) is 0. The highest BCUT2D eigenvalue weighted by Crippen LogP contribution is 2.21. The molecule has 1 fully saturated rings. The van der Waals surface area contributed by atoms with Gasteiger partial charge >= 0.3 is 0 Å². The minimum absolute atomic E-state index is 0.0103. The average molecular weight is 366 g/mol. The Balaban J connectivity index is 1.49. The van der Waals surface area contributed by atoms with Gasteiger partial charge in [0.1, 0.15) is 0 Å². The molecule has 4 nitrogen and oxygen atoms in total. The maximum absolute atomic E-state index is 12.4. The van der Waals surface area contributed by atoms with Crippen LogP contribution in [0.3, 0.4) is 0 Å². The monoisotopic (exact) mass is 365 g/mol. The van der Waals surface area contributed by atoms with Gasteiger partial charge in [-0.05, 0) is 55.1 Å². The number of nitrogens with one attached hydrogen (secondary N) is 2. The SMILES string of the molecule is CC(C)[C@@H](NCC(=O)Nc1ccc(CN2CCCC2)cc1)c1ccccc1. The van der Waals surface area contributed by atoms with Crippen molar-refractivity contribution in [2.75, 3.05) is 25.0 Å². The van der Waals surface area contributed by atoms with Gasteiger partial charge in [0, 0.05) is 18.3 Å². The van der Waals surface area contributed by atoms with Gasteiger partial charge in [-0.2, -0.15) is 0 Å². The molecule has 0 aromatic heterocycles. The smallest absolute Gasteiger partial charge is 0.238 e. The van der Waals surface area contributed by atoms with Crippen molar-refractivity contribution >= 4 is 11.6 Å². The number of hydrogen-bond acceptors (Lipinski definition) is 3. The molecule has 0 spiro atoms. The van der Waals surface area contributed by atoms with E-state index in [-0.39, 0.29) is 11.9 Å². The molecule has 1 atom stereocenters. The molecule has 0 saturated carbocycles. The quantitative estimate of drug-likeness (QED) is 0.737. The molecule has 2 aromatic carbocycles. The molecular formula is C23H31N3O. The van der Waals surface area contributed by atoms with Gasteiger partial charge in [-0.25, -0.2) is 0 Å². The molecule has 2 N–H and O–H groups in total. The van der Waals surface area contributed by atoms with Crippen LogP contribution in [0.2, 0.25) is 0 Å². The lowest BCUT2D eigenvalue weighted by molar-refractivity contribution is -0.115. The van der Waals surface area contributed by atoms with Gasteiger partial charge in [-0.1, -0.05) is 56.3 Å². The van der Waals surface area contributed by atoms with Crippen molar-refractivity contribution in [1.82, 2.24) is 10.2 Å². The van der Waals surface area contributed by atoms with Gasteiger partial charge < -0.3 is 10.6 Å². The summed E-state index contributed by atoms with van der Waals surface area (Å²) in [6.07, 6.45) is 2.61. The van der Waals surface area contributed by atoms with Crippen LogP contribution in [0.4, 0.5) is 5.69 Å². The van der Waals surface area contributed by atoms with Gasteiger partial charge in [0.15, 0.2) is 0 Å². The highest BCUT2D eigenvalue weighted by Gasteiger charge is 2.16. The Morgan fingerprint density at radius 3 is 2.30 bits per heavy atom. The second kappa shape index (κ2) is 9.67. The second-order valence-corrected chi connectivity index (χ2v) is 7.74. The van der Waals surface area contributed by atoms with Crippen molar-refractivity contribution in [1.29, 1.82) is 0 Å². The number of amides is 1. The lowest BCUT2D eigenvalue weighted by atomic mass is 9.96. The molecular weight excluding hydrogens is 334 g/mol. The number of likely N-dealkylation sites (tertiary alicyclic amines) is 1. The van der Waals surface area contributed by atoms with Crippen LogP contribution in [0.1, 0.15) is 43.9 Å². The van der Waals surface area contributed by atoms with Crippen LogP contribution in [0, 0.1) is 5.92 Å². The van der Waals surface area contributed by atoms with Crippen LogP contribution in [0.15, 0.2) is 54.6 Å². The summed E-state index contributed by atoms with van der Waals surface area (Å²) >= 11 is 0. The fourth-order valence-electron chi connectivity index (χ4n) is 3.70. The largest absolute Gasteiger partial charge is 0.325 e. The molecule has 4 heteroatoms. The van der Waals surface area contributed by atoms with Crippen molar-refractivity contribution in [3.63, 3.8) is 0 Å². The summed E-state index contributed by atoms with van der Waals surface area (Å²) in [5.74, 6) is 0.397. The van der Waals surface area contributed by atoms with E-state index >= 15 is 0 Å².